The van der Waals surface area contributed by atoms with Gasteiger partial charge in [0.15, 0.2) is 0 Å². The second kappa shape index (κ2) is 9.18. The predicted octanol–water partition coefficient (Wildman–Crippen LogP) is 1.04. The van der Waals surface area contributed by atoms with Crippen LogP contribution >= 0.6 is 11.8 Å². The largest absolute Gasteiger partial charge is 0.497 e. The van der Waals surface area contributed by atoms with Crippen molar-refractivity contribution in [3.05, 3.63) is 29.8 Å². The molecule has 1 N–H and O–H groups in total. The molecule has 3 rings (SSSR count). The van der Waals surface area contributed by atoms with E-state index in [1.165, 1.54) is 4.90 Å². The van der Waals surface area contributed by atoms with Crippen molar-refractivity contribution in [2.75, 3.05) is 46.1 Å². The molecule has 28 heavy (non-hydrogen) atoms. The number of thioether (sulfide) groups is 1. The highest BCUT2D eigenvalue weighted by atomic mass is 32.2. The van der Waals surface area contributed by atoms with Gasteiger partial charge in [-0.25, -0.2) is 0 Å². The summed E-state index contributed by atoms with van der Waals surface area (Å²) >= 11 is 1.61. The third-order valence-corrected chi connectivity index (χ3v) is 6.78. The number of amides is 2. The van der Waals surface area contributed by atoms with Crippen LogP contribution in [0.5, 0.6) is 5.75 Å². The third-order valence-electron chi connectivity index (χ3n) is 5.55. The summed E-state index contributed by atoms with van der Waals surface area (Å²) in [7, 11) is 3.80. The minimum atomic E-state index is -0.395. The molecule has 6 nitrogen and oxygen atoms in total. The minimum Gasteiger partial charge on any atom is -0.497 e. The van der Waals surface area contributed by atoms with Gasteiger partial charge in [-0.05, 0) is 30.0 Å². The van der Waals surface area contributed by atoms with E-state index in [4.69, 9.17) is 4.74 Å². The van der Waals surface area contributed by atoms with E-state index < -0.39 is 6.04 Å². The number of piperazine rings is 1. The van der Waals surface area contributed by atoms with Gasteiger partial charge in [0.25, 0.3) is 0 Å². The van der Waals surface area contributed by atoms with Crippen LogP contribution in [-0.4, -0.2) is 73.7 Å². The molecule has 0 spiro atoms. The Balaban J connectivity index is 1.85. The zero-order valence-corrected chi connectivity index (χ0v) is 18.1. The lowest BCUT2D eigenvalue weighted by Gasteiger charge is -2.38. The molecule has 0 radical (unpaired) electrons. The highest BCUT2D eigenvalue weighted by Gasteiger charge is 2.42. The second-order valence-electron chi connectivity index (χ2n) is 8.17. The first kappa shape index (κ1) is 21.0. The van der Waals surface area contributed by atoms with E-state index in [9.17, 15) is 9.59 Å². The fraction of sp³-hybridized carbons (Fsp3) is 0.619. The van der Waals surface area contributed by atoms with Gasteiger partial charge in [-0.2, -0.15) is 0 Å². The van der Waals surface area contributed by atoms with Crippen LogP contribution in [0.3, 0.4) is 0 Å². The van der Waals surface area contributed by atoms with E-state index in [1.54, 1.807) is 18.9 Å². The van der Waals surface area contributed by atoms with Gasteiger partial charge in [0.1, 0.15) is 17.2 Å². The zero-order chi connectivity index (χ0) is 20.3. The number of methoxy groups -OCH3 is 1. The second-order valence-corrected chi connectivity index (χ2v) is 9.23. The van der Waals surface area contributed by atoms with Crippen LogP contribution in [0.25, 0.3) is 0 Å². The zero-order valence-electron chi connectivity index (χ0n) is 17.3. The van der Waals surface area contributed by atoms with Gasteiger partial charge in [-0.15, -0.1) is 11.8 Å². The fourth-order valence-electron chi connectivity index (χ4n) is 3.90. The average molecular weight is 407 g/mol. The Morgan fingerprint density at radius 1 is 1.25 bits per heavy atom. The molecule has 2 heterocycles. The first-order valence-corrected chi connectivity index (χ1v) is 11.1. The molecule has 0 aromatic heterocycles. The lowest BCUT2D eigenvalue weighted by Crippen LogP contribution is -3.12. The molecule has 0 saturated carbocycles. The third kappa shape index (κ3) is 4.63. The van der Waals surface area contributed by atoms with Gasteiger partial charge in [0.2, 0.25) is 11.8 Å². The van der Waals surface area contributed by atoms with Crippen LogP contribution in [0, 0.1) is 5.92 Å². The molecule has 2 aliphatic heterocycles. The number of rotatable bonds is 6. The van der Waals surface area contributed by atoms with Crippen LogP contribution in [0.4, 0.5) is 0 Å². The van der Waals surface area contributed by atoms with Crippen molar-refractivity contribution in [2.45, 2.75) is 31.7 Å². The maximum Gasteiger partial charge on any atom is 0.245 e. The molecular weight excluding hydrogens is 374 g/mol. The number of nitrogens with zero attached hydrogens (tertiary/aromatic N) is 2. The molecule has 1 aromatic carbocycles. The molecule has 2 fully saturated rings. The van der Waals surface area contributed by atoms with Gasteiger partial charge in [-0.3, -0.25) is 9.59 Å². The first-order valence-electron chi connectivity index (χ1n) is 10.1. The van der Waals surface area contributed by atoms with Crippen LogP contribution in [0.15, 0.2) is 24.3 Å². The van der Waals surface area contributed by atoms with E-state index in [2.05, 4.69) is 20.9 Å². The van der Waals surface area contributed by atoms with Gasteiger partial charge in [-0.1, -0.05) is 26.0 Å². The average Bonchev–Trinajstić information content (AvgIpc) is 3.07. The molecule has 2 amide bonds. The van der Waals surface area contributed by atoms with Crippen molar-refractivity contribution >= 4 is 23.6 Å². The van der Waals surface area contributed by atoms with Crippen LogP contribution < -0.4 is 9.64 Å². The van der Waals surface area contributed by atoms with Crippen molar-refractivity contribution in [2.24, 2.45) is 5.92 Å². The highest BCUT2D eigenvalue weighted by Crippen LogP contribution is 2.41. The van der Waals surface area contributed by atoms with Crippen LogP contribution in [0.2, 0.25) is 0 Å². The molecule has 2 aliphatic rings. The predicted molar refractivity (Wildman–Crippen MR) is 111 cm³/mol. The van der Waals surface area contributed by atoms with Gasteiger partial charge in [0, 0.05) is 0 Å². The number of likely N-dealkylation sites (N-methyl/N-ethyl adjacent to an activating group) is 1. The lowest BCUT2D eigenvalue weighted by atomic mass is 9.99. The Kier molecular flexibility index (Phi) is 6.88. The van der Waals surface area contributed by atoms with Gasteiger partial charge in [0.05, 0.1) is 46.1 Å². The standard InChI is InChI=1S/C21H31N3O3S/c1-15(2)13-18(20(26)23-11-9-22(3)10-12-23)24-19(25)14-28-21(24)16-5-7-17(27-4)8-6-16/h5-8,15,18,21H,9-14H2,1-4H3/p+1/t18-,21-/m1/s1. The molecule has 7 heteroatoms. The van der Waals surface area contributed by atoms with Crippen molar-refractivity contribution in [1.82, 2.24) is 9.80 Å². The molecule has 1 aromatic rings. The van der Waals surface area contributed by atoms with Crippen molar-refractivity contribution < 1.29 is 19.2 Å². The molecular formula is C21H32N3O3S+. The monoisotopic (exact) mass is 406 g/mol. The molecule has 2 atom stereocenters. The van der Waals surface area contributed by atoms with Crippen LogP contribution in [-0.2, 0) is 9.59 Å². The molecule has 0 aliphatic carbocycles. The van der Waals surface area contributed by atoms with E-state index >= 15 is 0 Å². The van der Waals surface area contributed by atoms with E-state index in [0.717, 1.165) is 37.5 Å². The highest BCUT2D eigenvalue weighted by molar-refractivity contribution is 8.00. The summed E-state index contributed by atoms with van der Waals surface area (Å²) in [6, 6.07) is 7.43. The minimum absolute atomic E-state index is 0.0598. The summed E-state index contributed by atoms with van der Waals surface area (Å²) in [5.74, 6) is 1.72. The Morgan fingerprint density at radius 2 is 1.89 bits per heavy atom. The van der Waals surface area contributed by atoms with E-state index in [-0.39, 0.29) is 17.2 Å². The number of benzene rings is 1. The van der Waals surface area contributed by atoms with E-state index in [0.29, 0.717) is 18.1 Å². The molecule has 0 bridgehead atoms. The van der Waals surface area contributed by atoms with Crippen molar-refractivity contribution in [3.8, 4) is 5.75 Å². The maximum absolute atomic E-state index is 13.4. The van der Waals surface area contributed by atoms with Crippen molar-refractivity contribution in [1.29, 1.82) is 0 Å². The quantitative estimate of drug-likeness (QED) is 0.767. The van der Waals surface area contributed by atoms with Crippen LogP contribution in [0.1, 0.15) is 31.2 Å². The number of carbonyl (C=O) groups is 2. The summed E-state index contributed by atoms with van der Waals surface area (Å²) < 4.78 is 5.26. The number of hydrogen-bond donors (Lipinski definition) is 1. The smallest absolute Gasteiger partial charge is 0.245 e. The summed E-state index contributed by atoms with van der Waals surface area (Å²) in [5, 5.41) is -0.121. The lowest BCUT2D eigenvalue weighted by molar-refractivity contribution is -0.883. The normalized spacial score (nSPS) is 22.0. The number of quaternary nitrogens is 1. The Bertz CT molecular complexity index is 687. The van der Waals surface area contributed by atoms with Crippen molar-refractivity contribution in [3.63, 3.8) is 0 Å². The number of ether oxygens (including phenoxy) is 1. The van der Waals surface area contributed by atoms with Gasteiger partial charge < -0.3 is 19.4 Å². The number of nitrogens with one attached hydrogen (secondary N) is 1. The Labute approximate surface area is 172 Å². The van der Waals surface area contributed by atoms with E-state index in [1.807, 2.05) is 34.1 Å². The maximum atomic E-state index is 13.4. The number of carbonyl (C=O) groups excluding carboxylic acids is 2. The topological polar surface area (TPSA) is 54.3 Å². The molecule has 2 saturated heterocycles. The summed E-state index contributed by atoms with van der Waals surface area (Å²) in [5.41, 5.74) is 1.04. The molecule has 0 unspecified atom stereocenters. The van der Waals surface area contributed by atoms with Gasteiger partial charge >= 0.3 is 0 Å². The Morgan fingerprint density at radius 3 is 2.46 bits per heavy atom. The fourth-order valence-corrected chi connectivity index (χ4v) is 5.12. The Hall–Kier alpha value is -1.73. The first-order chi connectivity index (χ1) is 13.4. The summed E-state index contributed by atoms with van der Waals surface area (Å²) in [6.07, 6.45) is 0.691. The summed E-state index contributed by atoms with van der Waals surface area (Å²) in [6.45, 7) is 7.69. The number of hydrogen-bond acceptors (Lipinski definition) is 4. The SMILES string of the molecule is COc1ccc([C@H]2SCC(=O)N2[C@H](CC(C)C)C(=O)N2CC[NH+](C)CC2)cc1. The molecule has 154 valence electrons. The summed E-state index contributed by atoms with van der Waals surface area (Å²) in [4.78, 5) is 31.6.